The first-order valence-electron chi connectivity index (χ1n) is 6.62. The number of benzene rings is 1. The van der Waals surface area contributed by atoms with Crippen molar-refractivity contribution >= 4 is 0 Å². The van der Waals surface area contributed by atoms with Crippen LogP contribution < -0.4 is 10.5 Å². The number of hydrogen-bond acceptors (Lipinski definition) is 3. The normalized spacial score (nSPS) is 18.2. The average Bonchev–Trinajstić information content (AvgIpc) is 2.40. The van der Waals surface area contributed by atoms with Gasteiger partial charge in [0.15, 0.2) is 0 Å². The minimum Gasteiger partial charge on any atom is -0.497 e. The van der Waals surface area contributed by atoms with Gasteiger partial charge in [-0.3, -0.25) is 4.90 Å². The number of nitrogens with two attached hydrogens (primary N) is 1. The first-order valence-corrected chi connectivity index (χ1v) is 6.62. The molecule has 1 aromatic rings. The van der Waals surface area contributed by atoms with Crippen molar-refractivity contribution in [1.82, 2.24) is 4.90 Å². The number of hydrogen-bond donors (Lipinski definition) is 1. The molecule has 112 valence electrons. The summed E-state index contributed by atoms with van der Waals surface area (Å²) >= 11 is 0. The summed E-state index contributed by atoms with van der Waals surface area (Å²) in [6.07, 6.45) is -2.69. The second-order valence-electron chi connectivity index (χ2n) is 5.13. The molecule has 0 bridgehead atoms. The lowest BCUT2D eigenvalue weighted by Gasteiger charge is -2.30. The minimum atomic E-state index is -4.34. The van der Waals surface area contributed by atoms with Crippen LogP contribution in [0.2, 0.25) is 0 Å². The number of rotatable bonds is 3. The Kier molecular flexibility index (Phi) is 4.55. The first kappa shape index (κ1) is 15.1. The van der Waals surface area contributed by atoms with Crippen LogP contribution in [0.5, 0.6) is 5.75 Å². The summed E-state index contributed by atoms with van der Waals surface area (Å²) in [5.74, 6) is 0.446. The molecule has 20 heavy (non-hydrogen) atoms. The van der Waals surface area contributed by atoms with E-state index in [4.69, 9.17) is 10.5 Å². The number of methoxy groups -OCH3 is 1. The summed E-state index contributed by atoms with van der Waals surface area (Å²) in [6.45, 7) is 1.74. The van der Waals surface area contributed by atoms with Gasteiger partial charge in [0.25, 0.3) is 0 Å². The molecule has 0 atom stereocenters. The molecule has 0 aromatic heterocycles. The van der Waals surface area contributed by atoms with Crippen molar-refractivity contribution in [3.63, 3.8) is 0 Å². The Labute approximate surface area is 116 Å². The van der Waals surface area contributed by atoms with Crippen LogP contribution in [0.15, 0.2) is 18.2 Å². The highest BCUT2D eigenvalue weighted by Crippen LogP contribution is 2.34. The van der Waals surface area contributed by atoms with E-state index >= 15 is 0 Å². The van der Waals surface area contributed by atoms with E-state index in [2.05, 4.69) is 0 Å². The van der Waals surface area contributed by atoms with E-state index in [-0.39, 0.29) is 18.2 Å². The topological polar surface area (TPSA) is 38.5 Å². The Morgan fingerprint density at radius 1 is 1.30 bits per heavy atom. The molecule has 1 saturated heterocycles. The predicted octanol–water partition coefficient (Wildman–Crippen LogP) is 2.64. The second-order valence-corrected chi connectivity index (χ2v) is 5.13. The molecule has 0 amide bonds. The maximum atomic E-state index is 13.0. The Morgan fingerprint density at radius 3 is 2.50 bits per heavy atom. The van der Waals surface area contributed by atoms with Gasteiger partial charge in [0.1, 0.15) is 5.75 Å². The van der Waals surface area contributed by atoms with Crippen molar-refractivity contribution in [2.24, 2.45) is 5.73 Å². The Bertz CT molecular complexity index is 454. The lowest BCUT2D eigenvalue weighted by molar-refractivity contribution is -0.138. The summed E-state index contributed by atoms with van der Waals surface area (Å²) < 4.78 is 44.1. The Morgan fingerprint density at radius 2 is 1.95 bits per heavy atom. The quantitative estimate of drug-likeness (QED) is 0.929. The van der Waals surface area contributed by atoms with Crippen molar-refractivity contribution in [1.29, 1.82) is 0 Å². The SMILES string of the molecule is COc1ccc(C(F)(F)F)c(CN2CCC(N)CC2)c1. The molecule has 1 heterocycles. The number of likely N-dealkylation sites (tertiary alicyclic amines) is 1. The number of ether oxygens (including phenoxy) is 1. The molecule has 1 aromatic carbocycles. The molecule has 1 aliphatic heterocycles. The van der Waals surface area contributed by atoms with Gasteiger partial charge in [-0.1, -0.05) is 0 Å². The number of alkyl halides is 3. The van der Waals surface area contributed by atoms with Gasteiger partial charge in [-0.15, -0.1) is 0 Å². The zero-order valence-electron chi connectivity index (χ0n) is 11.4. The van der Waals surface area contributed by atoms with Crippen LogP contribution in [0.4, 0.5) is 13.2 Å². The molecular formula is C14H19F3N2O. The first-order chi connectivity index (χ1) is 9.40. The van der Waals surface area contributed by atoms with Crippen molar-refractivity contribution in [2.75, 3.05) is 20.2 Å². The van der Waals surface area contributed by atoms with Gasteiger partial charge in [-0.05, 0) is 49.7 Å². The lowest BCUT2D eigenvalue weighted by Crippen LogP contribution is -2.39. The van der Waals surface area contributed by atoms with Gasteiger partial charge in [0.2, 0.25) is 0 Å². The predicted molar refractivity (Wildman–Crippen MR) is 70.5 cm³/mol. The Balaban J connectivity index is 2.20. The number of halogens is 3. The lowest BCUT2D eigenvalue weighted by atomic mass is 10.0. The molecule has 3 nitrogen and oxygen atoms in total. The smallest absolute Gasteiger partial charge is 0.416 e. The highest BCUT2D eigenvalue weighted by Gasteiger charge is 2.34. The molecule has 6 heteroatoms. The van der Waals surface area contributed by atoms with E-state index in [0.29, 0.717) is 5.75 Å². The third-order valence-corrected chi connectivity index (χ3v) is 3.64. The van der Waals surface area contributed by atoms with Gasteiger partial charge >= 0.3 is 6.18 Å². The molecule has 1 fully saturated rings. The summed E-state index contributed by atoms with van der Waals surface area (Å²) in [7, 11) is 1.45. The number of nitrogens with zero attached hydrogens (tertiary/aromatic N) is 1. The molecule has 2 rings (SSSR count). The molecule has 0 radical (unpaired) electrons. The summed E-state index contributed by atoms with van der Waals surface area (Å²) in [6, 6.07) is 4.07. The highest BCUT2D eigenvalue weighted by molar-refractivity contribution is 5.37. The van der Waals surface area contributed by atoms with Gasteiger partial charge in [0.05, 0.1) is 12.7 Å². The highest BCUT2D eigenvalue weighted by atomic mass is 19.4. The number of piperidine rings is 1. The van der Waals surface area contributed by atoms with Gasteiger partial charge in [-0.2, -0.15) is 13.2 Å². The van der Waals surface area contributed by atoms with Crippen LogP contribution in [0, 0.1) is 0 Å². The van der Waals surface area contributed by atoms with Crippen LogP contribution in [-0.4, -0.2) is 31.1 Å². The third-order valence-electron chi connectivity index (χ3n) is 3.64. The maximum absolute atomic E-state index is 13.0. The Hall–Kier alpha value is -1.27. The van der Waals surface area contributed by atoms with E-state index in [1.165, 1.54) is 19.2 Å². The average molecular weight is 288 g/mol. The molecule has 0 spiro atoms. The standard InChI is InChI=1S/C14H19F3N2O/c1-20-12-2-3-13(14(15,16)17)10(8-12)9-19-6-4-11(18)5-7-19/h2-3,8,11H,4-7,9,18H2,1H3. The van der Waals surface area contributed by atoms with Crippen LogP contribution >= 0.6 is 0 Å². The van der Waals surface area contributed by atoms with Gasteiger partial charge < -0.3 is 10.5 Å². The summed E-state index contributed by atoms with van der Waals surface area (Å²) in [4.78, 5) is 2.01. The zero-order valence-corrected chi connectivity index (χ0v) is 11.4. The fraction of sp³-hybridized carbons (Fsp3) is 0.571. The summed E-state index contributed by atoms with van der Waals surface area (Å²) in [5, 5.41) is 0. The van der Waals surface area contributed by atoms with E-state index in [1.807, 2.05) is 4.90 Å². The monoisotopic (exact) mass is 288 g/mol. The molecule has 0 saturated carbocycles. The molecule has 2 N–H and O–H groups in total. The van der Waals surface area contributed by atoms with E-state index in [0.717, 1.165) is 32.0 Å². The molecular weight excluding hydrogens is 269 g/mol. The van der Waals surface area contributed by atoms with Crippen LogP contribution in [0.1, 0.15) is 24.0 Å². The van der Waals surface area contributed by atoms with Crippen LogP contribution in [-0.2, 0) is 12.7 Å². The van der Waals surface area contributed by atoms with Crippen molar-refractivity contribution in [3.8, 4) is 5.75 Å². The summed E-state index contributed by atoms with van der Waals surface area (Å²) in [5.41, 5.74) is 5.48. The van der Waals surface area contributed by atoms with Crippen LogP contribution in [0.3, 0.4) is 0 Å². The van der Waals surface area contributed by atoms with E-state index in [1.54, 1.807) is 0 Å². The fourth-order valence-electron chi connectivity index (χ4n) is 2.46. The molecule has 1 aliphatic rings. The molecule has 0 aliphatic carbocycles. The zero-order chi connectivity index (χ0) is 14.8. The third kappa shape index (κ3) is 3.64. The van der Waals surface area contributed by atoms with E-state index < -0.39 is 11.7 Å². The van der Waals surface area contributed by atoms with Crippen molar-refractivity contribution in [2.45, 2.75) is 31.6 Å². The van der Waals surface area contributed by atoms with Gasteiger partial charge in [-0.25, -0.2) is 0 Å². The van der Waals surface area contributed by atoms with Gasteiger partial charge in [0, 0.05) is 12.6 Å². The minimum absolute atomic E-state index is 0.165. The fourth-order valence-corrected chi connectivity index (χ4v) is 2.46. The van der Waals surface area contributed by atoms with E-state index in [9.17, 15) is 13.2 Å². The second kappa shape index (κ2) is 6.01. The molecule has 0 unspecified atom stereocenters. The maximum Gasteiger partial charge on any atom is 0.416 e. The van der Waals surface area contributed by atoms with Crippen molar-refractivity contribution in [3.05, 3.63) is 29.3 Å². The van der Waals surface area contributed by atoms with Crippen LogP contribution in [0.25, 0.3) is 0 Å². The van der Waals surface area contributed by atoms with Crippen molar-refractivity contribution < 1.29 is 17.9 Å². The largest absolute Gasteiger partial charge is 0.497 e.